The van der Waals surface area contributed by atoms with E-state index in [1.54, 1.807) is 18.2 Å². The predicted octanol–water partition coefficient (Wildman–Crippen LogP) is 1.23. The zero-order chi connectivity index (χ0) is 14.7. The topological polar surface area (TPSA) is 92.9 Å². The first kappa shape index (κ1) is 14.8. The summed E-state index contributed by atoms with van der Waals surface area (Å²) in [5, 5.41) is 8.98. The lowest BCUT2D eigenvalue weighted by molar-refractivity contribution is -0.138. The summed E-state index contributed by atoms with van der Waals surface area (Å²) < 4.78 is 6.14. The molecule has 1 fully saturated rings. The molecule has 20 heavy (non-hydrogen) atoms. The van der Waals surface area contributed by atoms with Crippen molar-refractivity contribution in [1.82, 2.24) is 0 Å². The average Bonchev–Trinajstić information content (AvgIpc) is 2.38. The highest BCUT2D eigenvalue weighted by Crippen LogP contribution is 2.28. The number of carboxylic acid groups (broad SMARTS) is 1. The molecule has 2 rings (SSSR count). The van der Waals surface area contributed by atoms with E-state index in [0.29, 0.717) is 31.0 Å². The minimum Gasteiger partial charge on any atom is -0.481 e. The second-order valence-electron chi connectivity index (χ2n) is 4.55. The van der Waals surface area contributed by atoms with E-state index in [4.69, 9.17) is 15.6 Å². The highest BCUT2D eigenvalue weighted by atomic mass is 79.9. The van der Waals surface area contributed by atoms with Gasteiger partial charge in [-0.15, -0.1) is 0 Å². The second kappa shape index (κ2) is 6.23. The van der Waals surface area contributed by atoms with Gasteiger partial charge in [0.15, 0.2) is 0 Å². The van der Waals surface area contributed by atoms with Crippen molar-refractivity contribution in [2.75, 3.05) is 24.7 Å². The van der Waals surface area contributed by atoms with Crippen LogP contribution in [0.5, 0.6) is 0 Å². The molecule has 1 aliphatic heterocycles. The lowest BCUT2D eigenvalue weighted by Gasteiger charge is -2.37. The number of hydrogen-bond acceptors (Lipinski definition) is 4. The summed E-state index contributed by atoms with van der Waals surface area (Å²) in [7, 11) is 0. The van der Waals surface area contributed by atoms with Crippen molar-refractivity contribution in [2.45, 2.75) is 12.5 Å². The van der Waals surface area contributed by atoms with E-state index in [0.717, 1.165) is 4.47 Å². The smallest absolute Gasteiger partial charge is 0.305 e. The summed E-state index contributed by atoms with van der Waals surface area (Å²) in [4.78, 5) is 24.4. The van der Waals surface area contributed by atoms with E-state index in [-0.39, 0.29) is 12.5 Å². The van der Waals surface area contributed by atoms with Crippen LogP contribution in [0.2, 0.25) is 0 Å². The van der Waals surface area contributed by atoms with E-state index < -0.39 is 11.9 Å². The number of ether oxygens (including phenoxy) is 1. The highest BCUT2D eigenvalue weighted by Gasteiger charge is 2.28. The zero-order valence-corrected chi connectivity index (χ0v) is 12.3. The molecule has 6 nitrogen and oxygen atoms in total. The molecule has 0 aromatic heterocycles. The Morgan fingerprint density at radius 1 is 1.50 bits per heavy atom. The third kappa shape index (κ3) is 3.29. The van der Waals surface area contributed by atoms with Gasteiger partial charge in [0.25, 0.3) is 5.91 Å². The van der Waals surface area contributed by atoms with E-state index >= 15 is 0 Å². The fourth-order valence-corrected chi connectivity index (χ4v) is 2.64. The minimum atomic E-state index is -0.902. The molecule has 1 saturated heterocycles. The quantitative estimate of drug-likeness (QED) is 0.858. The van der Waals surface area contributed by atoms with Crippen molar-refractivity contribution >= 4 is 33.5 Å². The lowest BCUT2D eigenvalue weighted by atomic mass is 10.1. The number of anilines is 1. The molecule has 1 atom stereocenters. The minimum absolute atomic E-state index is 0.0509. The van der Waals surface area contributed by atoms with Crippen molar-refractivity contribution in [3.05, 3.63) is 28.2 Å². The molecule has 0 saturated carbocycles. The van der Waals surface area contributed by atoms with Crippen molar-refractivity contribution in [3.63, 3.8) is 0 Å². The normalized spacial score (nSPS) is 18.9. The molecule has 1 aromatic carbocycles. The molecular formula is C13H15BrN2O4. The lowest BCUT2D eigenvalue weighted by Crippen LogP contribution is -2.47. The zero-order valence-electron chi connectivity index (χ0n) is 10.7. The summed E-state index contributed by atoms with van der Waals surface area (Å²) in [6, 6.07) is 4.83. The van der Waals surface area contributed by atoms with E-state index in [1.807, 2.05) is 4.90 Å². The van der Waals surface area contributed by atoms with Gasteiger partial charge < -0.3 is 20.5 Å². The van der Waals surface area contributed by atoms with E-state index in [9.17, 15) is 9.59 Å². The van der Waals surface area contributed by atoms with Gasteiger partial charge in [0.2, 0.25) is 0 Å². The van der Waals surface area contributed by atoms with Crippen molar-refractivity contribution in [1.29, 1.82) is 0 Å². The Kier molecular flexibility index (Phi) is 4.61. The number of carboxylic acids is 1. The molecule has 0 spiro atoms. The Hall–Kier alpha value is -1.60. The Balaban J connectivity index is 2.38. The van der Waals surface area contributed by atoms with Gasteiger partial charge in [0.05, 0.1) is 36.9 Å². The predicted molar refractivity (Wildman–Crippen MR) is 76.9 cm³/mol. The number of aliphatic carboxylic acids is 1. The van der Waals surface area contributed by atoms with Crippen LogP contribution in [-0.2, 0) is 9.53 Å². The number of benzene rings is 1. The molecule has 1 unspecified atom stereocenters. The maximum absolute atomic E-state index is 11.5. The largest absolute Gasteiger partial charge is 0.481 e. The first-order chi connectivity index (χ1) is 9.49. The Bertz CT molecular complexity index is 535. The van der Waals surface area contributed by atoms with Crippen LogP contribution in [0, 0.1) is 0 Å². The number of rotatable bonds is 4. The molecule has 0 bridgehead atoms. The summed E-state index contributed by atoms with van der Waals surface area (Å²) in [6.45, 7) is 1.33. The maximum atomic E-state index is 11.5. The monoisotopic (exact) mass is 342 g/mol. The number of morpholine rings is 1. The maximum Gasteiger partial charge on any atom is 0.305 e. The third-order valence-corrected chi connectivity index (χ3v) is 3.67. The molecular weight excluding hydrogens is 328 g/mol. The summed E-state index contributed by atoms with van der Waals surface area (Å²) >= 11 is 3.36. The molecule has 1 aromatic rings. The first-order valence-electron chi connectivity index (χ1n) is 6.14. The fourth-order valence-electron chi connectivity index (χ4n) is 2.29. The number of hydrogen-bond donors (Lipinski definition) is 2. The standard InChI is InChI=1S/C13H15BrN2O4/c14-8-1-2-10(13(15)19)11(5-8)16-3-4-20-7-9(16)6-12(17)18/h1-2,5,9H,3-4,6-7H2,(H2,15,19)(H,17,18). The number of nitrogens with two attached hydrogens (primary N) is 1. The van der Waals surface area contributed by atoms with Gasteiger partial charge >= 0.3 is 5.97 Å². The Morgan fingerprint density at radius 3 is 2.90 bits per heavy atom. The molecule has 1 heterocycles. The molecule has 1 aliphatic rings. The molecule has 3 N–H and O–H groups in total. The van der Waals surface area contributed by atoms with Gasteiger partial charge in [0.1, 0.15) is 0 Å². The van der Waals surface area contributed by atoms with Crippen LogP contribution in [0.25, 0.3) is 0 Å². The van der Waals surface area contributed by atoms with Gasteiger partial charge in [-0.2, -0.15) is 0 Å². The van der Waals surface area contributed by atoms with Crippen molar-refractivity contribution in [3.8, 4) is 0 Å². The second-order valence-corrected chi connectivity index (χ2v) is 5.46. The van der Waals surface area contributed by atoms with Gasteiger partial charge in [-0.3, -0.25) is 9.59 Å². The Morgan fingerprint density at radius 2 is 2.25 bits per heavy atom. The van der Waals surface area contributed by atoms with Crippen LogP contribution in [0.3, 0.4) is 0 Å². The summed E-state index contributed by atoms with van der Waals surface area (Å²) in [6.07, 6.45) is -0.0509. The van der Waals surface area contributed by atoms with Gasteiger partial charge in [-0.1, -0.05) is 15.9 Å². The number of carbonyl (C=O) groups is 2. The number of nitrogens with zero attached hydrogens (tertiary/aromatic N) is 1. The van der Waals surface area contributed by atoms with Crippen molar-refractivity contribution < 1.29 is 19.4 Å². The molecule has 0 radical (unpaired) electrons. The van der Waals surface area contributed by atoms with Crippen LogP contribution in [0.4, 0.5) is 5.69 Å². The molecule has 108 valence electrons. The van der Waals surface area contributed by atoms with Gasteiger partial charge in [-0.05, 0) is 18.2 Å². The van der Waals surface area contributed by atoms with Crippen LogP contribution in [0.1, 0.15) is 16.8 Å². The van der Waals surface area contributed by atoms with Gasteiger partial charge in [0, 0.05) is 11.0 Å². The number of carbonyl (C=O) groups excluding carboxylic acids is 1. The average molecular weight is 343 g/mol. The third-order valence-electron chi connectivity index (χ3n) is 3.17. The number of primary amides is 1. The van der Waals surface area contributed by atoms with Crippen LogP contribution < -0.4 is 10.6 Å². The first-order valence-corrected chi connectivity index (χ1v) is 6.94. The molecule has 7 heteroatoms. The molecule has 0 aliphatic carbocycles. The van der Waals surface area contributed by atoms with Gasteiger partial charge in [-0.25, -0.2) is 0 Å². The number of halogens is 1. The van der Waals surface area contributed by atoms with E-state index in [1.165, 1.54) is 0 Å². The van der Waals surface area contributed by atoms with Crippen LogP contribution in [0.15, 0.2) is 22.7 Å². The summed E-state index contributed by atoms with van der Waals surface area (Å²) in [5.41, 5.74) is 6.41. The molecule has 1 amide bonds. The summed E-state index contributed by atoms with van der Waals surface area (Å²) in [5.74, 6) is -1.44. The fraction of sp³-hybridized carbons (Fsp3) is 0.385. The Labute approximate surface area is 124 Å². The van der Waals surface area contributed by atoms with Crippen LogP contribution >= 0.6 is 15.9 Å². The van der Waals surface area contributed by atoms with Crippen molar-refractivity contribution in [2.24, 2.45) is 5.73 Å². The highest BCUT2D eigenvalue weighted by molar-refractivity contribution is 9.10. The van der Waals surface area contributed by atoms with E-state index in [2.05, 4.69) is 15.9 Å². The number of amides is 1. The SMILES string of the molecule is NC(=O)c1ccc(Br)cc1N1CCOCC1CC(=O)O. The van der Waals surface area contributed by atoms with Crippen LogP contribution in [-0.4, -0.2) is 42.8 Å².